The van der Waals surface area contributed by atoms with E-state index in [2.05, 4.69) is 10.3 Å². The molecular formula is C11H17F3N2S. The topological polar surface area (TPSA) is 24.9 Å². The van der Waals surface area contributed by atoms with E-state index in [1.54, 1.807) is 0 Å². The largest absolute Gasteiger partial charge is 0.389 e. The monoisotopic (exact) mass is 266 g/mol. The highest BCUT2D eigenvalue weighted by Gasteiger charge is 2.27. The second kappa shape index (κ2) is 6.35. The van der Waals surface area contributed by atoms with E-state index in [4.69, 9.17) is 0 Å². The van der Waals surface area contributed by atoms with Crippen molar-refractivity contribution in [2.75, 3.05) is 6.54 Å². The molecule has 2 nitrogen and oxygen atoms in total. The molecule has 1 unspecified atom stereocenters. The van der Waals surface area contributed by atoms with Gasteiger partial charge in [-0.2, -0.15) is 13.2 Å². The van der Waals surface area contributed by atoms with Gasteiger partial charge in [-0.3, -0.25) is 0 Å². The summed E-state index contributed by atoms with van der Waals surface area (Å²) in [5.41, 5.74) is 0.858. The summed E-state index contributed by atoms with van der Waals surface area (Å²) in [5, 5.41) is 6.03. The maximum absolute atomic E-state index is 12.1. The maximum atomic E-state index is 12.1. The number of rotatable bonds is 6. The van der Waals surface area contributed by atoms with Crippen molar-refractivity contribution >= 4 is 11.3 Å². The first-order chi connectivity index (χ1) is 7.92. The van der Waals surface area contributed by atoms with Crippen LogP contribution in [0.1, 0.15) is 42.9 Å². The Balaban J connectivity index is 2.49. The van der Waals surface area contributed by atoms with Gasteiger partial charge in [0.05, 0.1) is 16.7 Å². The minimum absolute atomic E-state index is 0.0627. The van der Waals surface area contributed by atoms with Crippen LogP contribution in [0.25, 0.3) is 0 Å². The SMILES string of the molecule is CCNC(CCCC(F)(F)F)c1csc(C)n1. The Bertz CT molecular complexity index is 336. The predicted octanol–water partition coefficient (Wildman–Crippen LogP) is 3.83. The lowest BCUT2D eigenvalue weighted by Crippen LogP contribution is -2.22. The summed E-state index contributed by atoms with van der Waals surface area (Å²) in [6.45, 7) is 4.57. The van der Waals surface area contributed by atoms with Gasteiger partial charge in [0, 0.05) is 11.8 Å². The molecule has 1 aromatic rings. The predicted molar refractivity (Wildman–Crippen MR) is 63.2 cm³/mol. The zero-order valence-electron chi connectivity index (χ0n) is 9.97. The van der Waals surface area contributed by atoms with Crippen LogP contribution in [0.5, 0.6) is 0 Å². The molecule has 98 valence electrons. The third-order valence-electron chi connectivity index (χ3n) is 2.40. The van der Waals surface area contributed by atoms with Gasteiger partial charge in [0.2, 0.25) is 0 Å². The lowest BCUT2D eigenvalue weighted by atomic mass is 10.1. The summed E-state index contributed by atoms with van der Waals surface area (Å²) in [7, 11) is 0. The van der Waals surface area contributed by atoms with Gasteiger partial charge in [0.15, 0.2) is 0 Å². The third kappa shape index (κ3) is 5.50. The molecule has 0 fully saturated rings. The Morgan fingerprint density at radius 1 is 1.47 bits per heavy atom. The minimum atomic E-state index is -4.06. The number of alkyl halides is 3. The maximum Gasteiger partial charge on any atom is 0.389 e. The lowest BCUT2D eigenvalue weighted by molar-refractivity contribution is -0.135. The molecule has 0 aromatic carbocycles. The standard InChI is InChI=1S/C11H17F3N2S/c1-3-15-9(5-4-6-11(12,13)14)10-7-17-8(2)16-10/h7,9,15H,3-6H2,1-2H3. The van der Waals surface area contributed by atoms with Crippen LogP contribution in [0.4, 0.5) is 13.2 Å². The quantitative estimate of drug-likeness (QED) is 0.846. The summed E-state index contributed by atoms with van der Waals surface area (Å²) in [6.07, 6.45) is -4.18. The van der Waals surface area contributed by atoms with Crippen LogP contribution in [0.2, 0.25) is 0 Å². The minimum Gasteiger partial charge on any atom is -0.309 e. The number of nitrogens with zero attached hydrogens (tertiary/aromatic N) is 1. The van der Waals surface area contributed by atoms with Crippen molar-refractivity contribution in [3.63, 3.8) is 0 Å². The molecule has 1 aromatic heterocycles. The molecule has 0 saturated carbocycles. The summed E-state index contributed by atoms with van der Waals surface area (Å²) >= 11 is 1.52. The van der Waals surface area contributed by atoms with Gasteiger partial charge in [0.1, 0.15) is 0 Å². The number of aromatic nitrogens is 1. The third-order valence-corrected chi connectivity index (χ3v) is 3.19. The molecule has 0 aliphatic rings. The summed E-state index contributed by atoms with van der Waals surface area (Å²) in [5.74, 6) is 0. The molecule has 0 bridgehead atoms. The van der Waals surface area contributed by atoms with Crippen molar-refractivity contribution in [2.45, 2.75) is 45.3 Å². The molecule has 1 N–H and O–H groups in total. The normalized spacial score (nSPS) is 13.9. The Kier molecular flexibility index (Phi) is 5.39. The summed E-state index contributed by atoms with van der Waals surface area (Å²) in [6, 6.07) is -0.0627. The molecule has 6 heteroatoms. The molecule has 0 aliphatic carbocycles. The van der Waals surface area contributed by atoms with E-state index >= 15 is 0 Å². The first-order valence-electron chi connectivity index (χ1n) is 5.64. The van der Waals surface area contributed by atoms with Gasteiger partial charge >= 0.3 is 6.18 Å². The van der Waals surface area contributed by atoms with Crippen LogP contribution in [-0.4, -0.2) is 17.7 Å². The second-order valence-electron chi connectivity index (χ2n) is 3.91. The molecular weight excluding hydrogens is 249 g/mol. The molecule has 0 aliphatic heterocycles. The van der Waals surface area contributed by atoms with E-state index in [-0.39, 0.29) is 12.5 Å². The smallest absolute Gasteiger partial charge is 0.309 e. The van der Waals surface area contributed by atoms with Crippen LogP contribution in [0, 0.1) is 6.92 Å². The Morgan fingerprint density at radius 2 is 2.18 bits per heavy atom. The van der Waals surface area contributed by atoms with Gasteiger partial charge < -0.3 is 5.32 Å². The fourth-order valence-corrected chi connectivity index (χ4v) is 2.31. The number of nitrogens with one attached hydrogen (secondary N) is 1. The first-order valence-corrected chi connectivity index (χ1v) is 6.52. The van der Waals surface area contributed by atoms with E-state index in [9.17, 15) is 13.2 Å². The lowest BCUT2D eigenvalue weighted by Gasteiger charge is -2.16. The molecule has 17 heavy (non-hydrogen) atoms. The fraction of sp³-hybridized carbons (Fsp3) is 0.727. The van der Waals surface area contributed by atoms with Crippen molar-refractivity contribution < 1.29 is 13.2 Å². The van der Waals surface area contributed by atoms with Crippen molar-refractivity contribution in [3.05, 3.63) is 16.1 Å². The number of hydrogen-bond donors (Lipinski definition) is 1. The second-order valence-corrected chi connectivity index (χ2v) is 4.97. The molecule has 0 spiro atoms. The van der Waals surface area contributed by atoms with E-state index in [0.717, 1.165) is 17.2 Å². The number of halogens is 3. The molecule has 1 heterocycles. The summed E-state index contributed by atoms with van der Waals surface area (Å²) in [4.78, 5) is 4.32. The van der Waals surface area contributed by atoms with Crippen molar-refractivity contribution in [2.24, 2.45) is 0 Å². The highest BCUT2D eigenvalue weighted by molar-refractivity contribution is 7.09. The van der Waals surface area contributed by atoms with E-state index in [1.165, 1.54) is 11.3 Å². The molecule has 1 atom stereocenters. The first kappa shape index (κ1) is 14.4. The van der Waals surface area contributed by atoms with E-state index in [0.29, 0.717) is 6.42 Å². The van der Waals surface area contributed by atoms with Gasteiger partial charge in [-0.05, 0) is 26.3 Å². The number of aryl methyl sites for hydroxylation is 1. The fourth-order valence-electron chi connectivity index (χ4n) is 1.65. The van der Waals surface area contributed by atoms with Crippen molar-refractivity contribution in [1.82, 2.24) is 10.3 Å². The highest BCUT2D eigenvalue weighted by Crippen LogP contribution is 2.26. The summed E-state index contributed by atoms with van der Waals surface area (Å²) < 4.78 is 36.2. The van der Waals surface area contributed by atoms with Crippen molar-refractivity contribution in [1.29, 1.82) is 0 Å². The van der Waals surface area contributed by atoms with Crippen LogP contribution in [-0.2, 0) is 0 Å². The zero-order valence-corrected chi connectivity index (χ0v) is 10.8. The molecule has 0 saturated heterocycles. The van der Waals surface area contributed by atoms with Crippen molar-refractivity contribution in [3.8, 4) is 0 Å². The van der Waals surface area contributed by atoms with Crippen LogP contribution >= 0.6 is 11.3 Å². The van der Waals surface area contributed by atoms with Gasteiger partial charge in [-0.15, -0.1) is 11.3 Å². The Morgan fingerprint density at radius 3 is 2.65 bits per heavy atom. The highest BCUT2D eigenvalue weighted by atomic mass is 32.1. The van der Waals surface area contributed by atoms with E-state index < -0.39 is 12.6 Å². The molecule has 0 amide bonds. The van der Waals surface area contributed by atoms with Crippen LogP contribution in [0.15, 0.2) is 5.38 Å². The number of thiazole rings is 1. The zero-order chi connectivity index (χ0) is 12.9. The number of hydrogen-bond acceptors (Lipinski definition) is 3. The van der Waals surface area contributed by atoms with Crippen LogP contribution in [0.3, 0.4) is 0 Å². The molecule has 0 radical (unpaired) electrons. The Hall–Kier alpha value is -0.620. The van der Waals surface area contributed by atoms with Gasteiger partial charge in [-0.25, -0.2) is 4.98 Å². The van der Waals surface area contributed by atoms with Gasteiger partial charge in [0.25, 0.3) is 0 Å². The van der Waals surface area contributed by atoms with E-state index in [1.807, 2.05) is 19.2 Å². The average Bonchev–Trinajstić information content (AvgIpc) is 2.62. The Labute approximate surface area is 103 Å². The van der Waals surface area contributed by atoms with Gasteiger partial charge in [-0.1, -0.05) is 6.92 Å². The average molecular weight is 266 g/mol. The van der Waals surface area contributed by atoms with Crippen LogP contribution < -0.4 is 5.32 Å². The molecule has 1 rings (SSSR count).